The Hall–Kier alpha value is -1.50. The fourth-order valence-corrected chi connectivity index (χ4v) is 2.64. The first-order chi connectivity index (χ1) is 8.96. The van der Waals surface area contributed by atoms with Crippen molar-refractivity contribution >= 4 is 21.3 Å². The van der Waals surface area contributed by atoms with Crippen molar-refractivity contribution in [2.24, 2.45) is 0 Å². The van der Waals surface area contributed by atoms with Crippen LogP contribution in [0.25, 0.3) is 0 Å². The Morgan fingerprint density at radius 1 is 1.40 bits per heavy atom. The van der Waals surface area contributed by atoms with Crippen LogP contribution >= 0.6 is 0 Å². The van der Waals surface area contributed by atoms with E-state index in [4.69, 9.17) is 10.5 Å². The summed E-state index contributed by atoms with van der Waals surface area (Å²) in [4.78, 5) is 4.27. The molecule has 0 bridgehead atoms. The van der Waals surface area contributed by atoms with Gasteiger partial charge in [0.1, 0.15) is 21.3 Å². The highest BCUT2D eigenvalue weighted by Gasteiger charge is 2.16. The number of nitrogen functional groups attached to an aromatic ring is 1. The van der Waals surface area contributed by atoms with Gasteiger partial charge in [-0.15, -0.1) is 0 Å². The molecule has 0 aliphatic carbocycles. The smallest absolute Gasteiger partial charge is 0.239 e. The van der Waals surface area contributed by atoms with E-state index in [9.17, 15) is 8.42 Å². The predicted octanol–water partition coefficient (Wildman–Crippen LogP) is 1.69. The van der Waals surface area contributed by atoms with Gasteiger partial charge in [0.2, 0.25) is 5.88 Å². The second kappa shape index (κ2) is 5.87. The number of aromatic nitrogens is 1. The van der Waals surface area contributed by atoms with E-state index in [0.29, 0.717) is 17.4 Å². The number of rotatable bonds is 5. The van der Waals surface area contributed by atoms with E-state index in [1.807, 2.05) is 20.8 Å². The first-order valence-electron chi connectivity index (χ1n) is 6.36. The Morgan fingerprint density at radius 2 is 2.00 bits per heavy atom. The molecule has 0 aliphatic rings. The van der Waals surface area contributed by atoms with Gasteiger partial charge in [-0.05, 0) is 39.8 Å². The molecule has 1 rings (SSSR count). The number of hydrogen-bond acceptors (Lipinski definition) is 6. The lowest BCUT2D eigenvalue weighted by molar-refractivity contribution is 0.125. The van der Waals surface area contributed by atoms with Crippen molar-refractivity contribution in [3.63, 3.8) is 0 Å². The number of nitrogens with two attached hydrogens (primary N) is 1. The lowest BCUT2D eigenvalue weighted by Crippen LogP contribution is -2.26. The second-order valence-electron chi connectivity index (χ2n) is 5.94. The number of nitrogens with one attached hydrogen (secondary N) is 1. The Labute approximate surface area is 120 Å². The van der Waals surface area contributed by atoms with E-state index < -0.39 is 15.4 Å². The van der Waals surface area contributed by atoms with Gasteiger partial charge < -0.3 is 15.8 Å². The minimum Gasteiger partial charge on any atom is -0.470 e. The topological polar surface area (TPSA) is 94.3 Å². The molecular weight excluding hydrogens is 278 g/mol. The third-order valence-corrected chi connectivity index (χ3v) is 3.35. The molecule has 0 spiro atoms. The third kappa shape index (κ3) is 6.10. The SMILES string of the molecule is CC(CS(C)(=O)=O)Nc1ccc(N)c(OC(C)(C)C)n1. The van der Waals surface area contributed by atoms with Crippen molar-refractivity contribution in [2.45, 2.75) is 39.3 Å². The molecule has 7 heteroatoms. The molecule has 1 heterocycles. The molecule has 1 atom stereocenters. The second-order valence-corrected chi connectivity index (χ2v) is 8.13. The van der Waals surface area contributed by atoms with Gasteiger partial charge in [-0.2, -0.15) is 4.98 Å². The van der Waals surface area contributed by atoms with E-state index in [1.165, 1.54) is 6.26 Å². The first-order valence-corrected chi connectivity index (χ1v) is 8.42. The summed E-state index contributed by atoms with van der Waals surface area (Å²) in [6.07, 6.45) is 1.20. The Bertz CT molecular complexity index is 565. The lowest BCUT2D eigenvalue weighted by Gasteiger charge is -2.22. The van der Waals surface area contributed by atoms with E-state index in [1.54, 1.807) is 19.1 Å². The van der Waals surface area contributed by atoms with E-state index in [2.05, 4.69) is 10.3 Å². The molecule has 1 aromatic rings. The molecule has 0 amide bonds. The molecule has 3 N–H and O–H groups in total. The van der Waals surface area contributed by atoms with Crippen LogP contribution in [0.4, 0.5) is 11.5 Å². The highest BCUT2D eigenvalue weighted by Crippen LogP contribution is 2.25. The summed E-state index contributed by atoms with van der Waals surface area (Å²) in [5.74, 6) is 0.915. The molecule has 1 unspecified atom stereocenters. The molecule has 114 valence electrons. The average Bonchev–Trinajstić information content (AvgIpc) is 2.18. The largest absolute Gasteiger partial charge is 0.470 e. The molecule has 0 saturated carbocycles. The first kappa shape index (κ1) is 16.6. The number of nitrogens with zero attached hydrogens (tertiary/aromatic N) is 1. The minimum absolute atomic E-state index is 0.0362. The third-order valence-electron chi connectivity index (χ3n) is 2.24. The molecule has 0 saturated heterocycles. The number of pyridine rings is 1. The van der Waals surface area contributed by atoms with Crippen molar-refractivity contribution in [3.8, 4) is 5.88 Å². The zero-order valence-corrected chi connectivity index (χ0v) is 13.4. The van der Waals surface area contributed by atoms with Crippen molar-refractivity contribution in [1.29, 1.82) is 0 Å². The van der Waals surface area contributed by atoms with Crippen LogP contribution in [0.5, 0.6) is 5.88 Å². The molecule has 0 aliphatic heterocycles. The monoisotopic (exact) mass is 301 g/mol. The van der Waals surface area contributed by atoms with Crippen LogP contribution in [0, 0.1) is 0 Å². The van der Waals surface area contributed by atoms with Crippen LogP contribution in [-0.2, 0) is 9.84 Å². The number of ether oxygens (including phenoxy) is 1. The highest BCUT2D eigenvalue weighted by atomic mass is 32.2. The molecular formula is C13H23N3O3S. The van der Waals surface area contributed by atoms with Crippen molar-refractivity contribution in [3.05, 3.63) is 12.1 Å². The summed E-state index contributed by atoms with van der Waals surface area (Å²) >= 11 is 0. The molecule has 0 fully saturated rings. The maximum atomic E-state index is 11.2. The normalized spacial score (nSPS) is 13.8. The molecule has 0 aromatic carbocycles. The Morgan fingerprint density at radius 3 is 2.50 bits per heavy atom. The van der Waals surface area contributed by atoms with Gasteiger partial charge in [-0.1, -0.05) is 0 Å². The minimum atomic E-state index is -3.04. The van der Waals surface area contributed by atoms with Gasteiger partial charge in [0.15, 0.2) is 0 Å². The zero-order chi connectivity index (χ0) is 15.6. The molecule has 20 heavy (non-hydrogen) atoms. The summed E-state index contributed by atoms with van der Waals surface area (Å²) in [6, 6.07) is 3.14. The quantitative estimate of drug-likeness (QED) is 0.859. The van der Waals surface area contributed by atoms with Gasteiger partial charge in [0.25, 0.3) is 0 Å². The summed E-state index contributed by atoms with van der Waals surface area (Å²) in [7, 11) is -3.04. The van der Waals surface area contributed by atoms with Crippen LogP contribution in [0.15, 0.2) is 12.1 Å². The van der Waals surface area contributed by atoms with Crippen molar-refractivity contribution in [2.75, 3.05) is 23.1 Å². The number of hydrogen-bond donors (Lipinski definition) is 2. The van der Waals surface area contributed by atoms with Crippen LogP contribution in [0.3, 0.4) is 0 Å². The summed E-state index contributed by atoms with van der Waals surface area (Å²) in [5, 5.41) is 3.03. The van der Waals surface area contributed by atoms with Crippen molar-refractivity contribution < 1.29 is 13.2 Å². The summed E-state index contributed by atoms with van der Waals surface area (Å²) in [6.45, 7) is 7.49. The zero-order valence-electron chi connectivity index (χ0n) is 12.6. The maximum absolute atomic E-state index is 11.2. The number of sulfone groups is 1. The Kier molecular flexibility index (Phi) is 4.86. The highest BCUT2D eigenvalue weighted by molar-refractivity contribution is 7.90. The molecule has 0 radical (unpaired) electrons. The van der Waals surface area contributed by atoms with Gasteiger partial charge in [0.05, 0.1) is 11.4 Å². The van der Waals surface area contributed by atoms with Crippen molar-refractivity contribution in [1.82, 2.24) is 4.98 Å². The lowest BCUT2D eigenvalue weighted by atomic mass is 10.2. The van der Waals surface area contributed by atoms with Gasteiger partial charge in [-0.3, -0.25) is 0 Å². The average molecular weight is 301 g/mol. The van der Waals surface area contributed by atoms with Crippen LogP contribution in [-0.4, -0.2) is 37.1 Å². The van der Waals surface area contributed by atoms with E-state index in [-0.39, 0.29) is 11.8 Å². The van der Waals surface area contributed by atoms with Crippen LogP contribution in [0.1, 0.15) is 27.7 Å². The Balaban J connectivity index is 2.85. The van der Waals surface area contributed by atoms with E-state index in [0.717, 1.165) is 0 Å². The number of anilines is 2. The fourth-order valence-electron chi connectivity index (χ4n) is 1.65. The molecule has 1 aromatic heterocycles. The summed E-state index contributed by atoms with van der Waals surface area (Å²) < 4.78 is 28.1. The van der Waals surface area contributed by atoms with Gasteiger partial charge in [0, 0.05) is 12.3 Å². The van der Waals surface area contributed by atoms with Gasteiger partial charge >= 0.3 is 0 Å². The summed E-state index contributed by atoms with van der Waals surface area (Å²) in [5.41, 5.74) is 5.86. The van der Waals surface area contributed by atoms with Crippen LogP contribution in [0.2, 0.25) is 0 Å². The van der Waals surface area contributed by atoms with Gasteiger partial charge in [-0.25, -0.2) is 8.42 Å². The molecule has 6 nitrogen and oxygen atoms in total. The fraction of sp³-hybridized carbons (Fsp3) is 0.615. The van der Waals surface area contributed by atoms with Crippen LogP contribution < -0.4 is 15.8 Å². The maximum Gasteiger partial charge on any atom is 0.239 e. The van der Waals surface area contributed by atoms with E-state index >= 15 is 0 Å². The predicted molar refractivity (Wildman–Crippen MR) is 81.8 cm³/mol. The standard InChI is InChI=1S/C13H23N3O3S/c1-9(8-20(5,17)18)15-11-7-6-10(14)12(16-11)19-13(2,3)4/h6-7,9H,8,14H2,1-5H3,(H,15,16).